The Labute approximate surface area is 117 Å². The van der Waals surface area contributed by atoms with E-state index in [0.717, 1.165) is 5.56 Å². The van der Waals surface area contributed by atoms with E-state index in [1.165, 1.54) is 13.2 Å². The third-order valence-corrected chi connectivity index (χ3v) is 2.52. The molecule has 1 N–H and O–H groups in total. The predicted molar refractivity (Wildman–Crippen MR) is 74.1 cm³/mol. The highest BCUT2D eigenvalue weighted by Gasteiger charge is 2.08. The quantitative estimate of drug-likeness (QED) is 0.803. The van der Waals surface area contributed by atoms with E-state index >= 15 is 0 Å². The Morgan fingerprint density at radius 3 is 2.50 bits per heavy atom. The highest BCUT2D eigenvalue weighted by molar-refractivity contribution is 5.89. The molecule has 0 heterocycles. The van der Waals surface area contributed by atoms with Gasteiger partial charge in [0.2, 0.25) is 0 Å². The van der Waals surface area contributed by atoms with Crippen LogP contribution in [-0.2, 0) is 14.3 Å². The van der Waals surface area contributed by atoms with E-state index in [1.54, 1.807) is 37.3 Å². The van der Waals surface area contributed by atoms with Crippen molar-refractivity contribution >= 4 is 18.0 Å². The fourth-order valence-corrected chi connectivity index (χ4v) is 1.53. The van der Waals surface area contributed by atoms with Gasteiger partial charge in [-0.15, -0.1) is 0 Å². The highest BCUT2D eigenvalue weighted by Crippen LogP contribution is 2.08. The van der Waals surface area contributed by atoms with Crippen molar-refractivity contribution in [1.82, 2.24) is 0 Å². The Bertz CT molecular complexity index is 476. The minimum absolute atomic E-state index is 0.0788. The molecule has 5 nitrogen and oxygen atoms in total. The van der Waals surface area contributed by atoms with E-state index in [-0.39, 0.29) is 6.42 Å². The van der Waals surface area contributed by atoms with Crippen molar-refractivity contribution < 1.29 is 24.2 Å². The zero-order chi connectivity index (χ0) is 15.0. The molecule has 1 aromatic carbocycles. The van der Waals surface area contributed by atoms with Crippen LogP contribution in [-0.4, -0.2) is 36.9 Å². The normalized spacial score (nSPS) is 12.2. The second-order valence-corrected chi connectivity index (χ2v) is 4.05. The van der Waals surface area contributed by atoms with Gasteiger partial charge in [-0.2, -0.15) is 0 Å². The smallest absolute Gasteiger partial charge is 0.337 e. The Morgan fingerprint density at radius 1 is 1.30 bits per heavy atom. The third-order valence-electron chi connectivity index (χ3n) is 2.52. The number of carbonyl (C=O) groups is 2. The molecule has 108 valence electrons. The summed E-state index contributed by atoms with van der Waals surface area (Å²) < 4.78 is 9.33. The molecule has 0 bridgehead atoms. The molecule has 0 aliphatic heterocycles. The molecule has 1 rings (SSSR count). The van der Waals surface area contributed by atoms with Crippen LogP contribution >= 0.6 is 0 Å². The van der Waals surface area contributed by atoms with Crippen molar-refractivity contribution in [2.45, 2.75) is 19.4 Å². The third kappa shape index (κ3) is 5.24. The fraction of sp³-hybridized carbons (Fsp3) is 0.333. The minimum atomic E-state index is -0.894. The summed E-state index contributed by atoms with van der Waals surface area (Å²) in [6, 6.07) is 6.70. The molecule has 1 atom stereocenters. The van der Waals surface area contributed by atoms with Gasteiger partial charge < -0.3 is 14.6 Å². The number of rotatable bonds is 6. The highest BCUT2D eigenvalue weighted by atomic mass is 16.5. The summed E-state index contributed by atoms with van der Waals surface area (Å²) in [4.78, 5) is 22.4. The Balaban J connectivity index is 2.57. The molecule has 0 spiro atoms. The van der Waals surface area contributed by atoms with Crippen molar-refractivity contribution in [2.75, 3.05) is 13.7 Å². The SMILES string of the molecule is CCOC(=O)CC(O)/C=C/c1ccc(C(=O)OC)cc1. The van der Waals surface area contributed by atoms with Gasteiger partial charge in [0, 0.05) is 0 Å². The van der Waals surface area contributed by atoms with Gasteiger partial charge in [-0.05, 0) is 24.6 Å². The lowest BCUT2D eigenvalue weighted by Gasteiger charge is -2.05. The monoisotopic (exact) mass is 278 g/mol. The van der Waals surface area contributed by atoms with Crippen LogP contribution in [0.25, 0.3) is 6.08 Å². The van der Waals surface area contributed by atoms with E-state index in [4.69, 9.17) is 4.74 Å². The average molecular weight is 278 g/mol. The van der Waals surface area contributed by atoms with Crippen molar-refractivity contribution in [3.8, 4) is 0 Å². The topological polar surface area (TPSA) is 72.8 Å². The number of hydrogen-bond donors (Lipinski definition) is 1. The van der Waals surface area contributed by atoms with Crippen LogP contribution in [0.3, 0.4) is 0 Å². The molecule has 0 aromatic heterocycles. The van der Waals surface area contributed by atoms with Crippen LogP contribution < -0.4 is 0 Å². The van der Waals surface area contributed by atoms with Crippen LogP contribution in [0, 0.1) is 0 Å². The van der Waals surface area contributed by atoms with Crippen LogP contribution in [0.2, 0.25) is 0 Å². The summed E-state index contributed by atoms with van der Waals surface area (Å²) in [6.07, 6.45) is 2.20. The fourth-order valence-electron chi connectivity index (χ4n) is 1.53. The second kappa shape index (κ2) is 8.12. The van der Waals surface area contributed by atoms with Crippen LogP contribution in [0.4, 0.5) is 0 Å². The molecular formula is C15H18O5. The Kier molecular flexibility index (Phi) is 6.46. The van der Waals surface area contributed by atoms with Gasteiger partial charge in [-0.3, -0.25) is 4.79 Å². The van der Waals surface area contributed by atoms with E-state index in [2.05, 4.69) is 4.74 Å². The molecule has 0 saturated heterocycles. The van der Waals surface area contributed by atoms with E-state index in [9.17, 15) is 14.7 Å². The van der Waals surface area contributed by atoms with Gasteiger partial charge in [-0.25, -0.2) is 4.79 Å². The van der Waals surface area contributed by atoms with Crippen LogP contribution in [0.15, 0.2) is 30.3 Å². The molecule has 5 heteroatoms. The van der Waals surface area contributed by atoms with Gasteiger partial charge in [0.1, 0.15) is 0 Å². The maximum Gasteiger partial charge on any atom is 0.337 e. The molecule has 0 radical (unpaired) electrons. The molecule has 0 amide bonds. The molecule has 0 aliphatic carbocycles. The summed E-state index contributed by atoms with van der Waals surface area (Å²) in [6.45, 7) is 2.01. The zero-order valence-corrected chi connectivity index (χ0v) is 11.5. The Morgan fingerprint density at radius 2 is 1.95 bits per heavy atom. The number of carbonyl (C=O) groups excluding carboxylic acids is 2. The lowest BCUT2D eigenvalue weighted by Crippen LogP contribution is -2.13. The zero-order valence-electron chi connectivity index (χ0n) is 11.5. The summed E-state index contributed by atoms with van der Waals surface area (Å²) in [7, 11) is 1.32. The summed E-state index contributed by atoms with van der Waals surface area (Å²) in [5.74, 6) is -0.839. The minimum Gasteiger partial charge on any atom is -0.466 e. The largest absolute Gasteiger partial charge is 0.466 e. The van der Waals surface area contributed by atoms with Crippen molar-refractivity contribution in [3.63, 3.8) is 0 Å². The van der Waals surface area contributed by atoms with Crippen molar-refractivity contribution in [2.24, 2.45) is 0 Å². The summed E-state index contributed by atoms with van der Waals surface area (Å²) in [5, 5.41) is 9.63. The first kappa shape index (κ1) is 15.9. The van der Waals surface area contributed by atoms with Gasteiger partial charge in [0.05, 0.1) is 31.8 Å². The standard InChI is InChI=1S/C15H18O5/c1-3-20-14(17)10-13(16)9-6-11-4-7-12(8-5-11)15(18)19-2/h4-9,13,16H,3,10H2,1-2H3/b9-6+. The first-order valence-electron chi connectivity index (χ1n) is 6.27. The molecule has 0 fully saturated rings. The van der Waals surface area contributed by atoms with E-state index < -0.39 is 18.0 Å². The van der Waals surface area contributed by atoms with E-state index in [0.29, 0.717) is 12.2 Å². The maximum absolute atomic E-state index is 11.2. The predicted octanol–water partition coefficient (Wildman–Crippen LogP) is 1.80. The van der Waals surface area contributed by atoms with Crippen LogP contribution in [0.5, 0.6) is 0 Å². The number of benzene rings is 1. The molecular weight excluding hydrogens is 260 g/mol. The molecule has 0 saturated carbocycles. The number of aliphatic hydroxyl groups is 1. The second-order valence-electron chi connectivity index (χ2n) is 4.05. The number of aliphatic hydroxyl groups excluding tert-OH is 1. The van der Waals surface area contributed by atoms with Gasteiger partial charge >= 0.3 is 11.9 Å². The van der Waals surface area contributed by atoms with Crippen LogP contribution in [0.1, 0.15) is 29.3 Å². The molecule has 1 unspecified atom stereocenters. The average Bonchev–Trinajstić information content (AvgIpc) is 2.45. The molecule has 20 heavy (non-hydrogen) atoms. The van der Waals surface area contributed by atoms with Gasteiger partial charge in [0.15, 0.2) is 0 Å². The lowest BCUT2D eigenvalue weighted by molar-refractivity contribution is -0.144. The number of esters is 2. The number of hydrogen-bond acceptors (Lipinski definition) is 5. The van der Waals surface area contributed by atoms with E-state index in [1.807, 2.05) is 0 Å². The number of ether oxygens (including phenoxy) is 2. The summed E-state index contributed by atoms with van der Waals surface area (Å²) >= 11 is 0. The van der Waals surface area contributed by atoms with Crippen molar-refractivity contribution in [1.29, 1.82) is 0 Å². The summed E-state index contributed by atoms with van der Waals surface area (Å²) in [5.41, 5.74) is 1.26. The first-order valence-corrected chi connectivity index (χ1v) is 6.27. The van der Waals surface area contributed by atoms with Crippen molar-refractivity contribution in [3.05, 3.63) is 41.5 Å². The van der Waals surface area contributed by atoms with Gasteiger partial charge in [-0.1, -0.05) is 24.3 Å². The lowest BCUT2D eigenvalue weighted by atomic mass is 10.1. The van der Waals surface area contributed by atoms with Gasteiger partial charge in [0.25, 0.3) is 0 Å². The number of methoxy groups -OCH3 is 1. The first-order chi connectivity index (χ1) is 9.56. The molecule has 1 aromatic rings. The maximum atomic E-state index is 11.2. The Hall–Kier alpha value is -2.14. The molecule has 0 aliphatic rings.